The van der Waals surface area contributed by atoms with Crippen LogP contribution < -0.4 is 0 Å². The normalized spacial score (nSPS) is 12.8. The summed E-state index contributed by atoms with van der Waals surface area (Å²) in [6.45, 7) is 2.01. The van der Waals surface area contributed by atoms with E-state index < -0.39 is 0 Å². The van der Waals surface area contributed by atoms with Crippen molar-refractivity contribution in [3.8, 4) is 0 Å². The fourth-order valence-electron chi connectivity index (χ4n) is 1.47. The summed E-state index contributed by atoms with van der Waals surface area (Å²) in [5.74, 6) is -0.277. The highest BCUT2D eigenvalue weighted by atomic mass is 79.9. The van der Waals surface area contributed by atoms with Crippen LogP contribution >= 0.6 is 54.8 Å². The first-order valence-corrected chi connectivity index (χ1v) is 7.68. The Morgan fingerprint density at radius 3 is 2.59 bits per heavy atom. The molecule has 2 rings (SSSR count). The monoisotopic (exact) mass is 396 g/mol. The Morgan fingerprint density at radius 1 is 1.29 bits per heavy atom. The Labute approximate surface area is 125 Å². The van der Waals surface area contributed by atoms with Crippen LogP contribution in [0.25, 0.3) is 0 Å². The highest BCUT2D eigenvalue weighted by Gasteiger charge is 2.17. The Morgan fingerprint density at radius 2 is 2.00 bits per heavy atom. The maximum absolute atomic E-state index is 13.2. The summed E-state index contributed by atoms with van der Waals surface area (Å²) in [5, 5.41) is -0.338. The van der Waals surface area contributed by atoms with Crippen molar-refractivity contribution in [3.05, 3.63) is 54.3 Å². The van der Waals surface area contributed by atoms with E-state index in [-0.39, 0.29) is 11.2 Å². The third kappa shape index (κ3) is 2.92. The molecule has 0 saturated carbocycles. The molecule has 0 N–H and O–H groups in total. The molecule has 5 heteroatoms. The summed E-state index contributed by atoms with van der Waals surface area (Å²) in [6, 6.07) is 6.57. The van der Waals surface area contributed by atoms with E-state index in [0.29, 0.717) is 0 Å². The first kappa shape index (κ1) is 13.5. The van der Waals surface area contributed by atoms with Crippen molar-refractivity contribution < 1.29 is 4.39 Å². The SMILES string of the molecule is Cc1cc(C(Cl)c2cc(F)ccc2Br)sc1Br. The van der Waals surface area contributed by atoms with Crippen LogP contribution in [0.15, 0.2) is 32.5 Å². The lowest BCUT2D eigenvalue weighted by Crippen LogP contribution is -1.93. The molecule has 0 fully saturated rings. The summed E-state index contributed by atoms with van der Waals surface area (Å²) in [5.41, 5.74) is 1.89. The van der Waals surface area contributed by atoms with Gasteiger partial charge in [0.25, 0.3) is 0 Å². The fraction of sp³-hybridized carbons (Fsp3) is 0.167. The minimum Gasteiger partial charge on any atom is -0.207 e. The third-order valence-corrected chi connectivity index (χ3v) is 5.88. The number of thiophene rings is 1. The van der Waals surface area contributed by atoms with Crippen molar-refractivity contribution in [1.82, 2.24) is 0 Å². The zero-order valence-electron chi connectivity index (χ0n) is 8.81. The van der Waals surface area contributed by atoms with Crippen molar-refractivity contribution in [1.29, 1.82) is 0 Å². The van der Waals surface area contributed by atoms with Crippen LogP contribution in [0, 0.1) is 12.7 Å². The lowest BCUT2D eigenvalue weighted by Gasteiger charge is -2.10. The van der Waals surface area contributed by atoms with Gasteiger partial charge in [-0.1, -0.05) is 15.9 Å². The van der Waals surface area contributed by atoms with Gasteiger partial charge >= 0.3 is 0 Å². The third-order valence-electron chi connectivity index (χ3n) is 2.36. The summed E-state index contributed by atoms with van der Waals surface area (Å²) in [6.07, 6.45) is 0. The summed E-state index contributed by atoms with van der Waals surface area (Å²) >= 11 is 14.8. The molecule has 17 heavy (non-hydrogen) atoms. The molecule has 0 spiro atoms. The molecule has 2 aromatic rings. The van der Waals surface area contributed by atoms with E-state index in [9.17, 15) is 4.39 Å². The van der Waals surface area contributed by atoms with Gasteiger partial charge in [-0.05, 0) is 58.2 Å². The van der Waals surface area contributed by atoms with Gasteiger partial charge < -0.3 is 0 Å². The van der Waals surface area contributed by atoms with E-state index in [4.69, 9.17) is 11.6 Å². The molecule has 90 valence electrons. The standard InChI is InChI=1S/C12H8Br2ClFS/c1-6-4-10(17-12(6)14)11(15)8-5-7(16)2-3-9(8)13/h2-5,11H,1H3. The summed E-state index contributed by atoms with van der Waals surface area (Å²) in [4.78, 5) is 1.00. The van der Waals surface area contributed by atoms with Crippen LogP contribution in [0.4, 0.5) is 4.39 Å². The highest BCUT2D eigenvalue weighted by Crippen LogP contribution is 2.40. The molecule has 0 amide bonds. The molecule has 0 nitrogen and oxygen atoms in total. The molecule has 0 aliphatic carbocycles. The van der Waals surface area contributed by atoms with Crippen LogP contribution in [0.1, 0.15) is 21.4 Å². The number of rotatable bonds is 2. The minimum atomic E-state index is -0.338. The molecule has 0 saturated heterocycles. The average molecular weight is 399 g/mol. The first-order chi connectivity index (χ1) is 7.99. The van der Waals surface area contributed by atoms with Gasteiger partial charge in [0.15, 0.2) is 0 Å². The van der Waals surface area contributed by atoms with Crippen molar-refractivity contribution >= 4 is 54.8 Å². The Balaban J connectivity index is 2.42. The molecule has 1 unspecified atom stereocenters. The topological polar surface area (TPSA) is 0 Å². The maximum atomic E-state index is 13.2. The van der Waals surface area contributed by atoms with Gasteiger partial charge in [0.2, 0.25) is 0 Å². The molecule has 0 bridgehead atoms. The number of hydrogen-bond donors (Lipinski definition) is 0. The average Bonchev–Trinajstić information content (AvgIpc) is 2.62. The van der Waals surface area contributed by atoms with Gasteiger partial charge in [0.1, 0.15) is 5.82 Å². The van der Waals surface area contributed by atoms with E-state index in [1.165, 1.54) is 12.1 Å². The summed E-state index contributed by atoms with van der Waals surface area (Å²) in [7, 11) is 0. The van der Waals surface area contributed by atoms with Gasteiger partial charge in [0.05, 0.1) is 9.16 Å². The number of benzene rings is 1. The van der Waals surface area contributed by atoms with E-state index in [1.54, 1.807) is 17.4 Å². The van der Waals surface area contributed by atoms with Gasteiger partial charge in [0, 0.05) is 9.35 Å². The van der Waals surface area contributed by atoms with Crippen LogP contribution in [0.2, 0.25) is 0 Å². The number of halogens is 4. The quantitative estimate of drug-likeness (QED) is 0.540. The molecule has 1 atom stereocenters. The van der Waals surface area contributed by atoms with E-state index in [0.717, 1.165) is 24.3 Å². The van der Waals surface area contributed by atoms with Crippen molar-refractivity contribution in [2.45, 2.75) is 12.3 Å². The van der Waals surface area contributed by atoms with E-state index in [1.807, 2.05) is 13.0 Å². The minimum absolute atomic E-state index is 0.277. The van der Waals surface area contributed by atoms with E-state index >= 15 is 0 Å². The van der Waals surface area contributed by atoms with Crippen LogP contribution in [0.5, 0.6) is 0 Å². The molecule has 0 aliphatic heterocycles. The molecule has 0 aliphatic rings. The zero-order chi connectivity index (χ0) is 12.6. The van der Waals surface area contributed by atoms with Crippen LogP contribution in [-0.4, -0.2) is 0 Å². The largest absolute Gasteiger partial charge is 0.207 e. The van der Waals surface area contributed by atoms with E-state index in [2.05, 4.69) is 31.9 Å². The summed E-state index contributed by atoms with van der Waals surface area (Å²) < 4.78 is 15.1. The van der Waals surface area contributed by atoms with Crippen LogP contribution in [-0.2, 0) is 0 Å². The molecule has 1 heterocycles. The van der Waals surface area contributed by atoms with Gasteiger partial charge in [-0.3, -0.25) is 0 Å². The van der Waals surface area contributed by atoms with Gasteiger partial charge in [-0.25, -0.2) is 4.39 Å². The first-order valence-electron chi connectivity index (χ1n) is 4.84. The fourth-order valence-corrected chi connectivity index (χ4v) is 4.02. The lowest BCUT2D eigenvalue weighted by atomic mass is 10.1. The maximum Gasteiger partial charge on any atom is 0.123 e. The van der Waals surface area contributed by atoms with Crippen molar-refractivity contribution in [2.75, 3.05) is 0 Å². The Kier molecular flexibility index (Phi) is 4.29. The van der Waals surface area contributed by atoms with Crippen molar-refractivity contribution in [2.24, 2.45) is 0 Å². The zero-order valence-corrected chi connectivity index (χ0v) is 13.6. The smallest absolute Gasteiger partial charge is 0.123 e. The number of hydrogen-bond acceptors (Lipinski definition) is 1. The van der Waals surface area contributed by atoms with Gasteiger partial charge in [-0.15, -0.1) is 22.9 Å². The highest BCUT2D eigenvalue weighted by molar-refractivity contribution is 9.11. The molecular formula is C12H8Br2ClFS. The molecule has 1 aromatic heterocycles. The number of aryl methyl sites for hydroxylation is 1. The second-order valence-electron chi connectivity index (χ2n) is 3.63. The van der Waals surface area contributed by atoms with Gasteiger partial charge in [-0.2, -0.15) is 0 Å². The molecule has 0 radical (unpaired) electrons. The second-order valence-corrected chi connectivity index (χ2v) is 7.33. The molecular weight excluding hydrogens is 390 g/mol. The van der Waals surface area contributed by atoms with Crippen molar-refractivity contribution in [3.63, 3.8) is 0 Å². The Hall–Kier alpha value is 0.1000. The Bertz CT molecular complexity index is 534. The second kappa shape index (κ2) is 5.39. The predicted octanol–water partition coefficient (Wildman–Crippen LogP) is 6.05. The predicted molar refractivity (Wildman–Crippen MR) is 78.6 cm³/mol. The molecule has 1 aromatic carbocycles. The van der Waals surface area contributed by atoms with Crippen LogP contribution in [0.3, 0.4) is 0 Å². The number of alkyl halides is 1. The lowest BCUT2D eigenvalue weighted by molar-refractivity contribution is 0.625.